The number of carbonyl (C=O) groups is 2. The molecule has 1 heterocycles. The first kappa shape index (κ1) is 16.6. The number of halogens is 3. The van der Waals surface area contributed by atoms with E-state index in [0.29, 0.717) is 18.0 Å². The lowest BCUT2D eigenvalue weighted by Gasteiger charge is -2.37. The van der Waals surface area contributed by atoms with Crippen LogP contribution >= 0.6 is 0 Å². The van der Waals surface area contributed by atoms with Crippen LogP contribution in [0, 0.1) is 11.8 Å². The molecule has 0 spiro atoms. The third-order valence-corrected chi connectivity index (χ3v) is 3.11. The number of piperidine rings is 1. The van der Waals surface area contributed by atoms with Gasteiger partial charge in [0.1, 0.15) is 13.1 Å². The number of carboxylic acid groups (broad SMARTS) is 1. The van der Waals surface area contributed by atoms with Gasteiger partial charge in [-0.25, -0.2) is 4.79 Å². The molecule has 1 N–H and O–H groups in total. The molecule has 2 unspecified atom stereocenters. The van der Waals surface area contributed by atoms with Crippen LogP contribution in [0.4, 0.5) is 18.0 Å². The zero-order valence-corrected chi connectivity index (χ0v) is 11.5. The van der Waals surface area contributed by atoms with Crippen LogP contribution < -0.4 is 0 Å². The van der Waals surface area contributed by atoms with Crippen LogP contribution in [0.2, 0.25) is 0 Å². The molecule has 2 atom stereocenters. The highest BCUT2D eigenvalue weighted by molar-refractivity contribution is 5.80. The van der Waals surface area contributed by atoms with Crippen molar-refractivity contribution in [1.29, 1.82) is 0 Å². The summed E-state index contributed by atoms with van der Waals surface area (Å²) in [4.78, 5) is 24.4. The monoisotopic (exact) mass is 296 g/mol. The number of nitrogens with zero attached hydrogens (tertiary/aromatic N) is 2. The highest BCUT2D eigenvalue weighted by atomic mass is 19.4. The second-order valence-electron chi connectivity index (χ2n) is 5.50. The molecule has 8 heteroatoms. The summed E-state index contributed by atoms with van der Waals surface area (Å²) in [6, 6.07) is -0.858. The van der Waals surface area contributed by atoms with Crippen LogP contribution in [0.1, 0.15) is 20.3 Å². The Morgan fingerprint density at radius 3 is 2.15 bits per heavy atom. The maximum absolute atomic E-state index is 12.4. The molecular formula is C12H19F3N2O3. The summed E-state index contributed by atoms with van der Waals surface area (Å²) in [6.45, 7) is 2.06. The number of rotatable bonds is 3. The molecule has 0 aromatic rings. The van der Waals surface area contributed by atoms with Crippen molar-refractivity contribution in [2.24, 2.45) is 11.8 Å². The molecule has 0 saturated carbocycles. The highest BCUT2D eigenvalue weighted by Crippen LogP contribution is 2.23. The molecule has 1 rings (SSSR count). The van der Waals surface area contributed by atoms with Gasteiger partial charge in [-0.1, -0.05) is 13.8 Å². The lowest BCUT2D eigenvalue weighted by atomic mass is 9.92. The molecule has 116 valence electrons. The zero-order valence-electron chi connectivity index (χ0n) is 11.5. The fourth-order valence-electron chi connectivity index (χ4n) is 2.59. The van der Waals surface area contributed by atoms with Crippen molar-refractivity contribution in [1.82, 2.24) is 9.80 Å². The third kappa shape index (κ3) is 5.26. The van der Waals surface area contributed by atoms with Crippen molar-refractivity contribution < 1.29 is 27.9 Å². The second kappa shape index (κ2) is 6.32. The third-order valence-electron chi connectivity index (χ3n) is 3.11. The van der Waals surface area contributed by atoms with Crippen LogP contribution in [0.25, 0.3) is 0 Å². The van der Waals surface area contributed by atoms with E-state index >= 15 is 0 Å². The van der Waals surface area contributed by atoms with E-state index in [1.54, 1.807) is 0 Å². The second-order valence-corrected chi connectivity index (χ2v) is 5.50. The van der Waals surface area contributed by atoms with E-state index in [0.717, 1.165) is 6.42 Å². The minimum absolute atomic E-state index is 0.195. The maximum atomic E-state index is 12.4. The number of carbonyl (C=O) groups excluding carboxylic acids is 1. The number of urea groups is 1. The fourth-order valence-corrected chi connectivity index (χ4v) is 2.59. The van der Waals surface area contributed by atoms with Gasteiger partial charge in [-0.3, -0.25) is 4.79 Å². The summed E-state index contributed by atoms with van der Waals surface area (Å²) in [5.74, 6) is -1.07. The summed E-state index contributed by atoms with van der Waals surface area (Å²) < 4.78 is 37.3. The van der Waals surface area contributed by atoms with E-state index in [1.165, 1.54) is 4.90 Å². The van der Waals surface area contributed by atoms with Crippen LogP contribution in [0.5, 0.6) is 0 Å². The summed E-state index contributed by atoms with van der Waals surface area (Å²) in [5, 5.41) is 8.65. The number of aliphatic carboxylic acids is 1. The summed E-state index contributed by atoms with van der Waals surface area (Å²) >= 11 is 0. The summed E-state index contributed by atoms with van der Waals surface area (Å²) in [7, 11) is 0. The largest absolute Gasteiger partial charge is 0.480 e. The molecule has 1 aliphatic heterocycles. The van der Waals surface area contributed by atoms with Gasteiger partial charge >= 0.3 is 18.2 Å². The Hall–Kier alpha value is -1.47. The average molecular weight is 296 g/mol. The average Bonchev–Trinajstić information content (AvgIpc) is 2.23. The number of hydrogen-bond donors (Lipinski definition) is 1. The molecule has 0 radical (unpaired) electrons. The number of carboxylic acids is 1. The quantitative estimate of drug-likeness (QED) is 0.867. The molecule has 1 aliphatic rings. The maximum Gasteiger partial charge on any atom is 0.406 e. The minimum Gasteiger partial charge on any atom is -0.480 e. The molecule has 0 aliphatic carbocycles. The first-order chi connectivity index (χ1) is 9.08. The predicted molar refractivity (Wildman–Crippen MR) is 65.2 cm³/mol. The van der Waals surface area contributed by atoms with Crippen molar-refractivity contribution in [3.63, 3.8) is 0 Å². The number of alkyl halides is 3. The van der Waals surface area contributed by atoms with E-state index in [-0.39, 0.29) is 11.8 Å². The van der Waals surface area contributed by atoms with Crippen molar-refractivity contribution in [2.45, 2.75) is 26.4 Å². The fraction of sp³-hybridized carbons (Fsp3) is 0.833. The van der Waals surface area contributed by atoms with E-state index in [9.17, 15) is 22.8 Å². The molecular weight excluding hydrogens is 277 g/mol. The smallest absolute Gasteiger partial charge is 0.406 e. The SMILES string of the molecule is CC1CC(C)CN(C(=O)N(CC(=O)O)CC(F)(F)F)C1. The highest BCUT2D eigenvalue weighted by Gasteiger charge is 2.37. The van der Waals surface area contributed by atoms with E-state index < -0.39 is 31.3 Å². The predicted octanol–water partition coefficient (Wildman–Crippen LogP) is 2.03. The van der Waals surface area contributed by atoms with Gasteiger partial charge < -0.3 is 14.9 Å². The molecule has 0 bridgehead atoms. The van der Waals surface area contributed by atoms with Gasteiger partial charge in [-0.05, 0) is 18.3 Å². The van der Waals surface area contributed by atoms with Crippen LogP contribution in [-0.4, -0.2) is 59.3 Å². The first-order valence-electron chi connectivity index (χ1n) is 6.41. The Morgan fingerprint density at radius 2 is 1.75 bits per heavy atom. The molecule has 1 fully saturated rings. The molecule has 2 amide bonds. The Kier molecular flexibility index (Phi) is 5.24. The molecule has 20 heavy (non-hydrogen) atoms. The number of amides is 2. The van der Waals surface area contributed by atoms with Crippen molar-refractivity contribution in [3.8, 4) is 0 Å². The van der Waals surface area contributed by atoms with Crippen LogP contribution in [0.3, 0.4) is 0 Å². The van der Waals surface area contributed by atoms with Gasteiger partial charge in [-0.15, -0.1) is 0 Å². The molecule has 1 saturated heterocycles. The van der Waals surface area contributed by atoms with Gasteiger partial charge in [0.25, 0.3) is 0 Å². The van der Waals surface area contributed by atoms with Crippen LogP contribution in [0.15, 0.2) is 0 Å². The number of likely N-dealkylation sites (tertiary alicyclic amines) is 1. The van der Waals surface area contributed by atoms with Crippen LogP contribution in [-0.2, 0) is 4.79 Å². The molecule has 5 nitrogen and oxygen atoms in total. The van der Waals surface area contributed by atoms with Gasteiger partial charge in [-0.2, -0.15) is 13.2 Å². The van der Waals surface area contributed by atoms with Gasteiger partial charge in [0, 0.05) is 13.1 Å². The Balaban J connectivity index is 2.78. The zero-order chi connectivity index (χ0) is 15.5. The molecule has 0 aromatic carbocycles. The van der Waals surface area contributed by atoms with E-state index in [2.05, 4.69) is 0 Å². The standard InChI is InChI=1S/C12H19F3N2O3/c1-8-3-9(2)5-16(4-8)11(20)17(6-10(18)19)7-12(13,14)15/h8-9H,3-7H2,1-2H3,(H,18,19). The Morgan fingerprint density at radius 1 is 1.25 bits per heavy atom. The summed E-state index contributed by atoms with van der Waals surface area (Å²) in [6.07, 6.45) is -3.71. The summed E-state index contributed by atoms with van der Waals surface area (Å²) in [5.41, 5.74) is 0. The Labute approximate surface area is 115 Å². The van der Waals surface area contributed by atoms with Crippen molar-refractivity contribution in [2.75, 3.05) is 26.2 Å². The van der Waals surface area contributed by atoms with Crippen molar-refractivity contribution in [3.05, 3.63) is 0 Å². The normalized spacial score (nSPS) is 23.6. The van der Waals surface area contributed by atoms with E-state index in [1.807, 2.05) is 13.8 Å². The molecule has 0 aromatic heterocycles. The lowest BCUT2D eigenvalue weighted by Crippen LogP contribution is -2.52. The van der Waals surface area contributed by atoms with Gasteiger partial charge in [0.2, 0.25) is 0 Å². The minimum atomic E-state index is -4.61. The number of hydrogen-bond acceptors (Lipinski definition) is 2. The topological polar surface area (TPSA) is 60.9 Å². The Bertz CT molecular complexity index is 363. The van der Waals surface area contributed by atoms with Crippen molar-refractivity contribution >= 4 is 12.0 Å². The van der Waals surface area contributed by atoms with Gasteiger partial charge in [0.15, 0.2) is 0 Å². The van der Waals surface area contributed by atoms with Gasteiger partial charge in [0.05, 0.1) is 0 Å². The van der Waals surface area contributed by atoms with E-state index in [4.69, 9.17) is 5.11 Å². The lowest BCUT2D eigenvalue weighted by molar-refractivity contribution is -0.150. The first-order valence-corrected chi connectivity index (χ1v) is 6.41.